The highest BCUT2D eigenvalue weighted by Gasteiger charge is 2.28. The van der Waals surface area contributed by atoms with Crippen LogP contribution in [0.4, 0.5) is 23.2 Å². The molecule has 25 heavy (non-hydrogen) atoms. The van der Waals surface area contributed by atoms with Crippen molar-refractivity contribution in [3.63, 3.8) is 0 Å². The SMILES string of the molecule is Cc1ccc(F)cc1NC(=O)Cn1ccn(CC(F)(F)F)c(=O)c1=O. The van der Waals surface area contributed by atoms with Crippen molar-refractivity contribution in [2.24, 2.45) is 0 Å². The van der Waals surface area contributed by atoms with E-state index in [1.807, 2.05) is 0 Å². The Morgan fingerprint density at radius 3 is 2.36 bits per heavy atom. The Balaban J connectivity index is 2.19. The van der Waals surface area contributed by atoms with Crippen LogP contribution in [-0.4, -0.2) is 21.2 Å². The lowest BCUT2D eigenvalue weighted by Gasteiger charge is -2.12. The molecule has 2 rings (SSSR count). The number of hydrogen-bond acceptors (Lipinski definition) is 3. The topological polar surface area (TPSA) is 73.1 Å². The molecule has 1 heterocycles. The van der Waals surface area contributed by atoms with Gasteiger partial charge < -0.3 is 9.88 Å². The highest BCUT2D eigenvalue weighted by Crippen LogP contribution is 2.16. The van der Waals surface area contributed by atoms with Crippen molar-refractivity contribution < 1.29 is 22.4 Å². The Morgan fingerprint density at radius 2 is 1.72 bits per heavy atom. The van der Waals surface area contributed by atoms with Gasteiger partial charge in [-0.25, -0.2) is 4.39 Å². The standard InChI is InChI=1S/C15H13F4N3O3/c1-9-2-3-10(16)6-11(9)20-12(23)7-21-4-5-22(8-15(17,18)19)14(25)13(21)24/h2-6H,7-8H2,1H3,(H,20,23). The maximum absolute atomic E-state index is 13.2. The van der Waals surface area contributed by atoms with Gasteiger partial charge in [-0.15, -0.1) is 0 Å². The fraction of sp³-hybridized carbons (Fsp3) is 0.267. The van der Waals surface area contributed by atoms with Crippen LogP contribution in [0.15, 0.2) is 40.2 Å². The number of nitrogens with zero attached hydrogens (tertiary/aromatic N) is 2. The first kappa shape index (κ1) is 18.4. The van der Waals surface area contributed by atoms with Gasteiger partial charge in [0, 0.05) is 18.1 Å². The first-order valence-electron chi connectivity index (χ1n) is 6.99. The van der Waals surface area contributed by atoms with E-state index in [2.05, 4.69) is 5.32 Å². The average Bonchev–Trinajstić information content (AvgIpc) is 2.49. The summed E-state index contributed by atoms with van der Waals surface area (Å²) in [6.07, 6.45) is -2.97. The van der Waals surface area contributed by atoms with Gasteiger partial charge in [0.1, 0.15) is 18.9 Å². The summed E-state index contributed by atoms with van der Waals surface area (Å²) in [5.41, 5.74) is -1.90. The summed E-state index contributed by atoms with van der Waals surface area (Å²) < 4.78 is 51.0. The molecule has 0 saturated heterocycles. The molecule has 0 spiro atoms. The third kappa shape index (κ3) is 4.78. The summed E-state index contributed by atoms with van der Waals surface area (Å²) >= 11 is 0. The average molecular weight is 359 g/mol. The zero-order valence-corrected chi connectivity index (χ0v) is 12.9. The zero-order valence-electron chi connectivity index (χ0n) is 12.9. The minimum atomic E-state index is -4.66. The zero-order chi connectivity index (χ0) is 18.8. The molecule has 10 heteroatoms. The van der Waals surface area contributed by atoms with Crippen LogP contribution in [0.1, 0.15) is 5.56 Å². The fourth-order valence-corrected chi connectivity index (χ4v) is 2.06. The van der Waals surface area contributed by atoms with Gasteiger partial charge in [0.25, 0.3) is 0 Å². The Morgan fingerprint density at radius 1 is 1.12 bits per heavy atom. The lowest BCUT2D eigenvalue weighted by molar-refractivity contribution is -0.141. The van der Waals surface area contributed by atoms with E-state index in [-0.39, 0.29) is 10.3 Å². The summed E-state index contributed by atoms with van der Waals surface area (Å²) in [7, 11) is 0. The van der Waals surface area contributed by atoms with Crippen molar-refractivity contribution in [1.29, 1.82) is 0 Å². The van der Waals surface area contributed by atoms with Gasteiger partial charge in [0.05, 0.1) is 0 Å². The molecule has 134 valence electrons. The van der Waals surface area contributed by atoms with E-state index in [1.165, 1.54) is 12.1 Å². The summed E-state index contributed by atoms with van der Waals surface area (Å²) in [6, 6.07) is 3.72. The largest absolute Gasteiger partial charge is 0.406 e. The molecule has 1 amide bonds. The second kappa shape index (κ2) is 6.91. The van der Waals surface area contributed by atoms with E-state index in [0.29, 0.717) is 10.1 Å². The van der Waals surface area contributed by atoms with Crippen LogP contribution in [0.2, 0.25) is 0 Å². The van der Waals surface area contributed by atoms with E-state index >= 15 is 0 Å². The van der Waals surface area contributed by atoms with Gasteiger partial charge in [-0.3, -0.25) is 19.0 Å². The number of aromatic nitrogens is 2. The number of nitrogens with one attached hydrogen (secondary N) is 1. The molecule has 6 nitrogen and oxygen atoms in total. The lowest BCUT2D eigenvalue weighted by atomic mass is 10.2. The second-order valence-electron chi connectivity index (χ2n) is 5.29. The molecule has 0 bridgehead atoms. The summed E-state index contributed by atoms with van der Waals surface area (Å²) in [4.78, 5) is 35.4. The predicted molar refractivity (Wildman–Crippen MR) is 80.8 cm³/mol. The van der Waals surface area contributed by atoms with Crippen LogP contribution in [0.3, 0.4) is 0 Å². The molecule has 0 aliphatic heterocycles. The van der Waals surface area contributed by atoms with Crippen molar-refractivity contribution in [3.05, 3.63) is 62.7 Å². The van der Waals surface area contributed by atoms with E-state index < -0.39 is 42.1 Å². The van der Waals surface area contributed by atoms with E-state index in [0.717, 1.165) is 18.5 Å². The van der Waals surface area contributed by atoms with Crippen molar-refractivity contribution in [1.82, 2.24) is 9.13 Å². The van der Waals surface area contributed by atoms with Gasteiger partial charge in [-0.1, -0.05) is 6.07 Å². The van der Waals surface area contributed by atoms with Gasteiger partial charge in [0.15, 0.2) is 0 Å². The minimum absolute atomic E-state index is 0.184. The Hall–Kier alpha value is -2.91. The van der Waals surface area contributed by atoms with Crippen LogP contribution in [-0.2, 0) is 17.9 Å². The Kier molecular flexibility index (Phi) is 5.10. The number of amides is 1. The molecular weight excluding hydrogens is 346 g/mol. The summed E-state index contributed by atoms with van der Waals surface area (Å²) in [5.74, 6) is -1.31. The number of carbonyl (C=O) groups excluding carboxylic acids is 1. The Labute approximate surface area is 138 Å². The number of carbonyl (C=O) groups is 1. The number of anilines is 1. The number of benzene rings is 1. The molecule has 0 unspecified atom stereocenters. The summed E-state index contributed by atoms with van der Waals surface area (Å²) in [6.45, 7) is -0.576. The second-order valence-corrected chi connectivity index (χ2v) is 5.29. The van der Waals surface area contributed by atoms with Gasteiger partial charge in [-0.05, 0) is 24.6 Å². The number of rotatable bonds is 4. The molecule has 2 aromatic rings. The molecule has 0 aliphatic carbocycles. The van der Waals surface area contributed by atoms with Crippen molar-refractivity contribution in [3.8, 4) is 0 Å². The molecule has 0 saturated carbocycles. The van der Waals surface area contributed by atoms with Crippen LogP contribution in [0, 0.1) is 12.7 Å². The summed E-state index contributed by atoms with van der Waals surface area (Å²) in [5, 5.41) is 2.37. The molecule has 0 atom stereocenters. The Bertz CT molecular complexity index is 915. The molecule has 0 radical (unpaired) electrons. The quantitative estimate of drug-likeness (QED) is 0.667. The highest BCUT2D eigenvalue weighted by atomic mass is 19.4. The third-order valence-electron chi connectivity index (χ3n) is 3.27. The van der Waals surface area contributed by atoms with Crippen LogP contribution < -0.4 is 16.4 Å². The number of halogens is 4. The van der Waals surface area contributed by atoms with E-state index in [4.69, 9.17) is 0 Å². The number of alkyl halides is 3. The first-order valence-corrected chi connectivity index (χ1v) is 6.99. The molecule has 1 aromatic heterocycles. The van der Waals surface area contributed by atoms with Gasteiger partial charge in [0.2, 0.25) is 5.91 Å². The first-order chi connectivity index (χ1) is 11.6. The fourth-order valence-electron chi connectivity index (χ4n) is 2.06. The van der Waals surface area contributed by atoms with Crippen molar-refractivity contribution in [2.45, 2.75) is 26.2 Å². The molecule has 1 N–H and O–H groups in total. The molecule has 1 aromatic carbocycles. The molecule has 0 aliphatic rings. The normalized spacial score (nSPS) is 11.4. The van der Waals surface area contributed by atoms with Gasteiger partial charge in [-0.2, -0.15) is 13.2 Å². The molecule has 0 fully saturated rings. The maximum Gasteiger partial charge on any atom is 0.406 e. The number of aryl methyl sites for hydroxylation is 1. The highest BCUT2D eigenvalue weighted by molar-refractivity contribution is 5.91. The van der Waals surface area contributed by atoms with Crippen molar-refractivity contribution >= 4 is 11.6 Å². The van der Waals surface area contributed by atoms with Crippen LogP contribution in [0.25, 0.3) is 0 Å². The maximum atomic E-state index is 13.2. The number of hydrogen-bond donors (Lipinski definition) is 1. The molecular formula is C15H13F4N3O3. The smallest absolute Gasteiger partial charge is 0.324 e. The van der Waals surface area contributed by atoms with Crippen molar-refractivity contribution in [2.75, 3.05) is 5.32 Å². The monoisotopic (exact) mass is 359 g/mol. The van der Waals surface area contributed by atoms with Crippen LogP contribution in [0.5, 0.6) is 0 Å². The van der Waals surface area contributed by atoms with E-state index in [1.54, 1.807) is 6.92 Å². The van der Waals surface area contributed by atoms with Gasteiger partial charge >= 0.3 is 17.3 Å². The third-order valence-corrected chi connectivity index (χ3v) is 3.27. The predicted octanol–water partition coefficient (Wildman–Crippen LogP) is 1.66. The van der Waals surface area contributed by atoms with E-state index in [9.17, 15) is 31.9 Å². The lowest BCUT2D eigenvalue weighted by Crippen LogP contribution is -2.43. The minimum Gasteiger partial charge on any atom is -0.324 e. The van der Waals surface area contributed by atoms with Crippen LogP contribution >= 0.6 is 0 Å².